The van der Waals surface area contributed by atoms with Gasteiger partial charge in [0.05, 0.1) is 28.0 Å². The molecule has 5 rings (SSSR count). The average Bonchev–Trinajstić information content (AvgIpc) is 3.31. The quantitative estimate of drug-likeness (QED) is 0.664. The molecular weight excluding hydrogens is 380 g/mol. The van der Waals surface area contributed by atoms with E-state index in [-0.39, 0.29) is 11.7 Å². The monoisotopic (exact) mass is 402 g/mol. The molecule has 3 aromatic heterocycles. The van der Waals surface area contributed by atoms with Crippen LogP contribution in [0.1, 0.15) is 47.5 Å². The lowest BCUT2D eigenvalue weighted by Crippen LogP contribution is -2.15. The molecule has 2 atom stereocenters. The summed E-state index contributed by atoms with van der Waals surface area (Å²) in [5, 5.41) is 14.2. The number of H-pyrrole nitrogens is 1. The molecule has 0 aliphatic heterocycles. The summed E-state index contributed by atoms with van der Waals surface area (Å²) in [6, 6.07) is 3.34. The number of carboxylic acid groups (broad SMARTS) is 1. The fourth-order valence-electron chi connectivity index (χ4n) is 4.20. The molecular formula is C23H22N4O3. The summed E-state index contributed by atoms with van der Waals surface area (Å²) in [5.41, 5.74) is 4.79. The topological polar surface area (TPSA) is 93.0 Å². The molecule has 0 aromatic carbocycles. The predicted molar refractivity (Wildman–Crippen MR) is 114 cm³/mol. The Morgan fingerprint density at radius 3 is 3.00 bits per heavy atom. The molecule has 2 aliphatic carbocycles. The molecule has 3 aromatic rings. The standard InChI is InChI=1S/C23H22N4O3/c1-13-6-3-4-8-18(13)30-19-9-5-7-14-21(26-27(2)22(14)19)17-12-16-20(25-17)15(23(28)29)10-11-24-16/h3-5,7-8,10-13,19,25H,6,9H2,1-2H3,(H,28,29). The summed E-state index contributed by atoms with van der Waals surface area (Å²) >= 11 is 0. The van der Waals surface area contributed by atoms with E-state index in [0.717, 1.165) is 41.2 Å². The van der Waals surface area contributed by atoms with Crippen molar-refractivity contribution in [2.75, 3.05) is 0 Å². The van der Waals surface area contributed by atoms with Crippen molar-refractivity contribution in [2.24, 2.45) is 13.0 Å². The van der Waals surface area contributed by atoms with Crippen LogP contribution in [-0.4, -0.2) is 30.8 Å². The van der Waals surface area contributed by atoms with Crippen LogP contribution < -0.4 is 0 Å². The fraction of sp³-hybridized carbons (Fsp3) is 0.261. The lowest BCUT2D eigenvalue weighted by molar-refractivity contribution is 0.0698. The third-order valence-electron chi connectivity index (χ3n) is 5.73. The van der Waals surface area contributed by atoms with Crippen molar-refractivity contribution in [3.8, 4) is 11.4 Å². The molecule has 0 saturated heterocycles. The minimum atomic E-state index is -0.990. The van der Waals surface area contributed by atoms with Gasteiger partial charge in [0.2, 0.25) is 0 Å². The van der Waals surface area contributed by atoms with Gasteiger partial charge in [0.1, 0.15) is 17.6 Å². The minimum absolute atomic E-state index is 0.117. The Balaban J connectivity index is 1.57. The maximum absolute atomic E-state index is 11.6. The molecule has 7 nitrogen and oxygen atoms in total. The first-order chi connectivity index (χ1) is 14.5. The first kappa shape index (κ1) is 18.4. The Kier molecular flexibility index (Phi) is 4.31. The number of aromatic amines is 1. The number of carboxylic acids is 1. The van der Waals surface area contributed by atoms with Crippen LogP contribution in [0.3, 0.4) is 0 Å². The third-order valence-corrected chi connectivity index (χ3v) is 5.73. The number of pyridine rings is 1. The van der Waals surface area contributed by atoms with Crippen LogP contribution in [0.25, 0.3) is 28.5 Å². The number of fused-ring (bicyclic) bond motifs is 2. The summed E-state index contributed by atoms with van der Waals surface area (Å²) in [4.78, 5) is 19.1. The van der Waals surface area contributed by atoms with E-state index in [1.807, 2.05) is 29.9 Å². The van der Waals surface area contributed by atoms with Crippen molar-refractivity contribution < 1.29 is 14.6 Å². The molecule has 2 N–H and O–H groups in total. The van der Waals surface area contributed by atoms with Gasteiger partial charge in [-0.3, -0.25) is 9.67 Å². The summed E-state index contributed by atoms with van der Waals surface area (Å²) in [5.74, 6) is 0.356. The van der Waals surface area contributed by atoms with Gasteiger partial charge >= 0.3 is 5.97 Å². The van der Waals surface area contributed by atoms with Crippen LogP contribution in [-0.2, 0) is 11.8 Å². The molecule has 0 fully saturated rings. The second-order valence-corrected chi connectivity index (χ2v) is 7.76. The zero-order valence-corrected chi connectivity index (χ0v) is 16.8. The van der Waals surface area contributed by atoms with E-state index in [1.165, 1.54) is 12.3 Å². The van der Waals surface area contributed by atoms with Crippen LogP contribution in [0.15, 0.2) is 48.4 Å². The Labute approximate surface area is 173 Å². The van der Waals surface area contributed by atoms with Gasteiger partial charge in [-0.1, -0.05) is 31.2 Å². The van der Waals surface area contributed by atoms with Crippen LogP contribution >= 0.6 is 0 Å². The molecule has 30 heavy (non-hydrogen) atoms. The molecule has 152 valence electrons. The van der Waals surface area contributed by atoms with Crippen LogP contribution in [0.4, 0.5) is 0 Å². The highest BCUT2D eigenvalue weighted by atomic mass is 16.5. The number of aromatic nitrogens is 4. The molecule has 0 bridgehead atoms. The van der Waals surface area contributed by atoms with Gasteiger partial charge in [-0.15, -0.1) is 0 Å². The molecule has 7 heteroatoms. The summed E-state index contributed by atoms with van der Waals surface area (Å²) < 4.78 is 8.27. The van der Waals surface area contributed by atoms with E-state index in [2.05, 4.69) is 35.1 Å². The molecule has 0 spiro atoms. The molecule has 3 heterocycles. The molecule has 0 radical (unpaired) electrons. The van der Waals surface area contributed by atoms with Crippen molar-refractivity contribution in [3.63, 3.8) is 0 Å². The third kappa shape index (κ3) is 2.94. The number of nitrogens with one attached hydrogen (secondary N) is 1. The number of hydrogen-bond acceptors (Lipinski definition) is 4. The minimum Gasteiger partial charge on any atom is -0.488 e. The maximum Gasteiger partial charge on any atom is 0.337 e. The lowest BCUT2D eigenvalue weighted by atomic mass is 9.97. The largest absolute Gasteiger partial charge is 0.488 e. The first-order valence-corrected chi connectivity index (χ1v) is 10.0. The van der Waals surface area contributed by atoms with Crippen LogP contribution in [0.5, 0.6) is 0 Å². The smallest absolute Gasteiger partial charge is 0.337 e. The Bertz CT molecular complexity index is 1240. The van der Waals surface area contributed by atoms with Gasteiger partial charge in [0, 0.05) is 31.1 Å². The number of allylic oxidation sites excluding steroid dienone is 4. The zero-order valence-electron chi connectivity index (χ0n) is 16.8. The van der Waals surface area contributed by atoms with Crippen LogP contribution in [0.2, 0.25) is 0 Å². The van der Waals surface area contributed by atoms with Crippen molar-refractivity contribution in [1.29, 1.82) is 0 Å². The number of hydrogen-bond donors (Lipinski definition) is 2. The summed E-state index contributed by atoms with van der Waals surface area (Å²) in [7, 11) is 1.92. The molecule has 2 aliphatic rings. The highest BCUT2D eigenvalue weighted by Crippen LogP contribution is 2.39. The number of nitrogens with zero attached hydrogens (tertiary/aromatic N) is 3. The predicted octanol–water partition coefficient (Wildman–Crippen LogP) is 4.62. The Hall–Kier alpha value is -3.61. The van der Waals surface area contributed by atoms with Crippen LogP contribution in [0, 0.1) is 5.92 Å². The highest BCUT2D eigenvalue weighted by Gasteiger charge is 2.29. The van der Waals surface area contributed by atoms with Gasteiger partial charge in [-0.25, -0.2) is 4.79 Å². The van der Waals surface area contributed by atoms with Gasteiger partial charge in [0.25, 0.3) is 0 Å². The average molecular weight is 402 g/mol. The van der Waals surface area contributed by atoms with Gasteiger partial charge in [0.15, 0.2) is 0 Å². The Morgan fingerprint density at radius 1 is 1.33 bits per heavy atom. The van der Waals surface area contributed by atoms with E-state index < -0.39 is 5.97 Å². The van der Waals surface area contributed by atoms with E-state index in [9.17, 15) is 9.90 Å². The number of rotatable bonds is 4. The summed E-state index contributed by atoms with van der Waals surface area (Å²) in [6.45, 7) is 2.17. The normalized spacial score (nSPS) is 20.3. The number of aryl methyl sites for hydroxylation is 1. The van der Waals surface area contributed by atoms with Gasteiger partial charge in [-0.2, -0.15) is 5.10 Å². The van der Waals surface area contributed by atoms with E-state index >= 15 is 0 Å². The fourth-order valence-corrected chi connectivity index (χ4v) is 4.20. The van der Waals surface area contributed by atoms with Crippen molar-refractivity contribution in [1.82, 2.24) is 19.7 Å². The van der Waals surface area contributed by atoms with Crippen molar-refractivity contribution in [2.45, 2.75) is 25.9 Å². The highest BCUT2D eigenvalue weighted by molar-refractivity contribution is 6.02. The van der Waals surface area contributed by atoms with E-state index in [0.29, 0.717) is 17.0 Å². The number of ether oxygens (including phenoxy) is 1. The number of aromatic carboxylic acids is 1. The molecule has 2 unspecified atom stereocenters. The second-order valence-electron chi connectivity index (χ2n) is 7.76. The summed E-state index contributed by atoms with van der Waals surface area (Å²) in [6.07, 6.45) is 13.5. The van der Waals surface area contributed by atoms with Crippen molar-refractivity contribution in [3.05, 3.63) is 65.2 Å². The van der Waals surface area contributed by atoms with Gasteiger partial charge in [-0.05, 0) is 24.6 Å². The zero-order chi connectivity index (χ0) is 20.8. The van der Waals surface area contributed by atoms with Gasteiger partial charge < -0.3 is 14.8 Å². The van der Waals surface area contributed by atoms with E-state index in [4.69, 9.17) is 9.84 Å². The molecule has 0 amide bonds. The second kappa shape index (κ2) is 7.02. The lowest BCUT2D eigenvalue weighted by Gasteiger charge is -2.26. The Morgan fingerprint density at radius 2 is 2.20 bits per heavy atom. The maximum atomic E-state index is 11.6. The molecule has 0 saturated carbocycles. The first-order valence-electron chi connectivity index (χ1n) is 10.0. The SMILES string of the molecule is CC1CC=CC=C1OC1CC=Cc2c(-c3cc4nccc(C(=O)O)c4[nH]3)nn(C)c21. The van der Waals surface area contributed by atoms with Crippen molar-refractivity contribution >= 4 is 23.1 Å². The van der Waals surface area contributed by atoms with E-state index in [1.54, 1.807) is 0 Å². The number of carbonyl (C=O) groups is 1.